The summed E-state index contributed by atoms with van der Waals surface area (Å²) < 4.78 is 5.56. The van der Waals surface area contributed by atoms with E-state index in [1.807, 2.05) is 23.1 Å². The molecule has 1 atom stereocenters. The van der Waals surface area contributed by atoms with Crippen LogP contribution in [0, 0.1) is 5.92 Å². The van der Waals surface area contributed by atoms with Crippen LogP contribution in [0.15, 0.2) is 30.3 Å². The van der Waals surface area contributed by atoms with Crippen molar-refractivity contribution in [2.24, 2.45) is 5.92 Å². The van der Waals surface area contributed by atoms with Crippen molar-refractivity contribution in [1.82, 2.24) is 15.1 Å². The van der Waals surface area contributed by atoms with Gasteiger partial charge in [0.25, 0.3) is 5.91 Å². The molecule has 4 rings (SSSR count). The summed E-state index contributed by atoms with van der Waals surface area (Å²) in [7, 11) is 0. The van der Waals surface area contributed by atoms with E-state index in [9.17, 15) is 9.59 Å². The van der Waals surface area contributed by atoms with Crippen molar-refractivity contribution in [1.29, 1.82) is 0 Å². The molecule has 0 bridgehead atoms. The molecule has 1 aromatic rings. The number of likely N-dealkylation sites (tertiary alicyclic amines) is 2. The minimum Gasteiger partial charge on any atom is -0.368 e. The summed E-state index contributed by atoms with van der Waals surface area (Å²) in [5, 5.41) is 3.13. The van der Waals surface area contributed by atoms with E-state index in [2.05, 4.69) is 22.3 Å². The van der Waals surface area contributed by atoms with E-state index in [1.165, 1.54) is 5.56 Å². The molecule has 1 aromatic carbocycles. The lowest BCUT2D eigenvalue weighted by molar-refractivity contribution is -0.142. The Hall–Kier alpha value is -1.92. The van der Waals surface area contributed by atoms with Crippen LogP contribution in [0.2, 0.25) is 0 Å². The summed E-state index contributed by atoms with van der Waals surface area (Å²) in [5.41, 5.74) is 1.26. The van der Waals surface area contributed by atoms with E-state index in [-0.39, 0.29) is 23.8 Å². The number of rotatable bonds is 6. The lowest BCUT2D eigenvalue weighted by atomic mass is 9.92. The van der Waals surface area contributed by atoms with Crippen molar-refractivity contribution >= 4 is 11.8 Å². The van der Waals surface area contributed by atoms with Gasteiger partial charge in [0, 0.05) is 38.2 Å². The second-order valence-electron chi connectivity index (χ2n) is 8.89. The Morgan fingerprint density at radius 3 is 2.37 bits per heavy atom. The van der Waals surface area contributed by atoms with Crippen molar-refractivity contribution in [3.05, 3.63) is 35.9 Å². The van der Waals surface area contributed by atoms with Gasteiger partial charge >= 0.3 is 0 Å². The Kier molecular flexibility index (Phi) is 7.39. The number of benzene rings is 1. The van der Waals surface area contributed by atoms with E-state index in [0.29, 0.717) is 12.6 Å². The van der Waals surface area contributed by atoms with Gasteiger partial charge in [0.1, 0.15) is 6.10 Å². The molecule has 6 nitrogen and oxygen atoms in total. The number of amides is 2. The van der Waals surface area contributed by atoms with Crippen LogP contribution in [-0.4, -0.2) is 73.1 Å². The minimum absolute atomic E-state index is 0.137. The number of nitrogens with zero attached hydrogens (tertiary/aromatic N) is 2. The van der Waals surface area contributed by atoms with Crippen molar-refractivity contribution in [3.8, 4) is 0 Å². The van der Waals surface area contributed by atoms with Crippen molar-refractivity contribution in [2.75, 3.05) is 39.3 Å². The Balaban J connectivity index is 1.14. The zero-order valence-electron chi connectivity index (χ0n) is 17.9. The number of carbonyl (C=O) groups excluding carboxylic acids is 2. The highest BCUT2D eigenvalue weighted by molar-refractivity contribution is 5.81. The summed E-state index contributed by atoms with van der Waals surface area (Å²) in [6.45, 7) is 5.08. The molecule has 2 amide bonds. The fourth-order valence-corrected chi connectivity index (χ4v) is 5.07. The Morgan fingerprint density at radius 2 is 1.70 bits per heavy atom. The molecule has 30 heavy (non-hydrogen) atoms. The van der Waals surface area contributed by atoms with Gasteiger partial charge in [-0.3, -0.25) is 9.59 Å². The summed E-state index contributed by atoms with van der Waals surface area (Å²) in [6.07, 6.45) is 6.51. The maximum atomic E-state index is 12.5. The van der Waals surface area contributed by atoms with Crippen LogP contribution in [0.1, 0.15) is 44.1 Å². The molecule has 0 unspecified atom stereocenters. The van der Waals surface area contributed by atoms with Crippen LogP contribution in [0.5, 0.6) is 0 Å². The van der Waals surface area contributed by atoms with Gasteiger partial charge < -0.3 is 19.9 Å². The first kappa shape index (κ1) is 21.3. The average molecular weight is 414 g/mol. The van der Waals surface area contributed by atoms with Crippen molar-refractivity contribution in [3.63, 3.8) is 0 Å². The highest BCUT2D eigenvalue weighted by Gasteiger charge is 2.34. The van der Waals surface area contributed by atoms with Gasteiger partial charge in [-0.15, -0.1) is 0 Å². The third-order valence-electron chi connectivity index (χ3n) is 6.95. The minimum atomic E-state index is -0.197. The molecule has 3 heterocycles. The Labute approximate surface area is 179 Å². The quantitative estimate of drug-likeness (QED) is 0.777. The fourth-order valence-electron chi connectivity index (χ4n) is 5.07. The Morgan fingerprint density at radius 1 is 0.967 bits per heavy atom. The molecule has 3 aliphatic rings. The first-order valence-electron chi connectivity index (χ1n) is 11.7. The second kappa shape index (κ2) is 10.4. The zero-order valence-corrected chi connectivity index (χ0v) is 17.9. The van der Waals surface area contributed by atoms with Gasteiger partial charge in [0.05, 0.1) is 0 Å². The highest BCUT2D eigenvalue weighted by atomic mass is 16.5. The van der Waals surface area contributed by atoms with Crippen LogP contribution in [0.25, 0.3) is 0 Å². The largest absolute Gasteiger partial charge is 0.368 e. The average Bonchev–Trinajstić information content (AvgIpc) is 3.34. The molecule has 0 radical (unpaired) electrons. The normalized spacial score (nSPS) is 24.1. The van der Waals surface area contributed by atoms with Crippen LogP contribution in [0.3, 0.4) is 0 Å². The van der Waals surface area contributed by atoms with Crippen molar-refractivity contribution in [2.45, 2.75) is 57.1 Å². The van der Waals surface area contributed by atoms with Crippen LogP contribution in [-0.2, 0) is 20.7 Å². The molecular formula is C24H35N3O3. The lowest BCUT2D eigenvalue weighted by Crippen LogP contribution is -2.51. The molecule has 3 fully saturated rings. The molecule has 164 valence electrons. The number of nitrogens with one attached hydrogen (secondary N) is 1. The van der Waals surface area contributed by atoms with E-state index in [1.54, 1.807) is 0 Å². The van der Waals surface area contributed by atoms with E-state index in [4.69, 9.17) is 4.74 Å². The lowest BCUT2D eigenvalue weighted by Gasteiger charge is -2.41. The smallest absolute Gasteiger partial charge is 0.251 e. The summed E-state index contributed by atoms with van der Waals surface area (Å²) in [4.78, 5) is 29.6. The number of hydrogen-bond acceptors (Lipinski definition) is 4. The van der Waals surface area contributed by atoms with Crippen molar-refractivity contribution < 1.29 is 14.3 Å². The third-order valence-corrected chi connectivity index (χ3v) is 6.95. The Bertz CT molecular complexity index is 689. The maximum Gasteiger partial charge on any atom is 0.251 e. The van der Waals surface area contributed by atoms with Gasteiger partial charge in [0.15, 0.2) is 0 Å². The first-order valence-corrected chi connectivity index (χ1v) is 11.7. The van der Waals surface area contributed by atoms with Crippen LogP contribution < -0.4 is 5.32 Å². The molecule has 0 aliphatic carbocycles. The molecule has 0 saturated carbocycles. The molecule has 3 saturated heterocycles. The summed E-state index contributed by atoms with van der Waals surface area (Å²) in [5.74, 6) is 0.539. The van der Waals surface area contributed by atoms with Crippen LogP contribution in [0.4, 0.5) is 0 Å². The van der Waals surface area contributed by atoms with E-state index >= 15 is 0 Å². The van der Waals surface area contributed by atoms with Gasteiger partial charge in [-0.2, -0.15) is 0 Å². The topological polar surface area (TPSA) is 61.9 Å². The predicted octanol–water partition coefficient (Wildman–Crippen LogP) is 2.23. The molecule has 0 spiro atoms. The number of piperidine rings is 2. The summed E-state index contributed by atoms with van der Waals surface area (Å²) in [6, 6.07) is 10.8. The maximum absolute atomic E-state index is 12.5. The predicted molar refractivity (Wildman–Crippen MR) is 116 cm³/mol. The van der Waals surface area contributed by atoms with Gasteiger partial charge in [-0.05, 0) is 63.6 Å². The monoisotopic (exact) mass is 413 g/mol. The molecule has 0 aromatic heterocycles. The fraction of sp³-hybridized carbons (Fsp3) is 0.667. The van der Waals surface area contributed by atoms with Crippen LogP contribution >= 0.6 is 0 Å². The van der Waals surface area contributed by atoms with Gasteiger partial charge in [-0.25, -0.2) is 0 Å². The first-order chi connectivity index (χ1) is 14.7. The summed E-state index contributed by atoms with van der Waals surface area (Å²) >= 11 is 0. The third kappa shape index (κ3) is 5.41. The SMILES string of the molecule is O=C(NCCc1ccccc1)C1CCN(C2CCN(C(=O)[C@H]3CCCO3)CC2)CC1. The molecule has 3 aliphatic heterocycles. The molecule has 1 N–H and O–H groups in total. The molecule has 6 heteroatoms. The number of hydrogen-bond donors (Lipinski definition) is 1. The number of ether oxygens (including phenoxy) is 1. The highest BCUT2D eigenvalue weighted by Crippen LogP contribution is 2.25. The van der Waals surface area contributed by atoms with Gasteiger partial charge in [0.2, 0.25) is 5.91 Å². The second-order valence-corrected chi connectivity index (χ2v) is 8.89. The standard InChI is InChI=1S/C24H35N3O3/c28-23(25-13-8-19-5-2-1-3-6-19)20-9-14-26(15-10-20)21-11-16-27(17-12-21)24(29)22-7-4-18-30-22/h1-3,5-6,20-22H,4,7-18H2,(H,25,28)/t22-/m1/s1. The zero-order chi connectivity index (χ0) is 20.8. The van der Waals surface area contributed by atoms with Gasteiger partial charge in [-0.1, -0.05) is 30.3 Å². The van der Waals surface area contributed by atoms with E-state index in [0.717, 1.165) is 77.7 Å². The van der Waals surface area contributed by atoms with E-state index < -0.39 is 0 Å². The number of carbonyl (C=O) groups is 2. The molecular weight excluding hydrogens is 378 g/mol.